The quantitative estimate of drug-likeness (QED) is 0.747. The van der Waals surface area contributed by atoms with E-state index in [2.05, 4.69) is 5.32 Å². The van der Waals surface area contributed by atoms with E-state index >= 15 is 0 Å². The molecule has 19 heavy (non-hydrogen) atoms. The number of hydrogen-bond donors (Lipinski definition) is 2. The van der Waals surface area contributed by atoms with Crippen molar-refractivity contribution in [1.29, 1.82) is 0 Å². The smallest absolute Gasteiger partial charge is 0.322 e. The fraction of sp³-hybridized carbons (Fsp3) is 0.231. The van der Waals surface area contributed by atoms with Crippen LogP contribution in [0.25, 0.3) is 6.08 Å². The van der Waals surface area contributed by atoms with Crippen LogP contribution in [-0.4, -0.2) is 37.7 Å². The molecule has 102 valence electrons. The van der Waals surface area contributed by atoms with Crippen molar-refractivity contribution in [2.24, 2.45) is 0 Å². The van der Waals surface area contributed by atoms with Crippen LogP contribution in [0.4, 0.5) is 0 Å². The number of ether oxygens (including phenoxy) is 2. The number of aliphatic carboxylic acids is 1. The van der Waals surface area contributed by atoms with Crippen LogP contribution in [0, 0.1) is 0 Å². The van der Waals surface area contributed by atoms with Crippen LogP contribution in [0.5, 0.6) is 11.5 Å². The second-order valence-corrected chi connectivity index (χ2v) is 3.55. The number of methoxy groups -OCH3 is 2. The van der Waals surface area contributed by atoms with Crippen LogP contribution in [-0.2, 0) is 9.59 Å². The lowest BCUT2D eigenvalue weighted by atomic mass is 10.1. The summed E-state index contributed by atoms with van der Waals surface area (Å²) in [7, 11) is 3.06. The van der Waals surface area contributed by atoms with Crippen LogP contribution in [0.15, 0.2) is 24.3 Å². The van der Waals surface area contributed by atoms with Crippen LogP contribution in [0.2, 0.25) is 0 Å². The predicted molar refractivity (Wildman–Crippen MR) is 69.2 cm³/mol. The molecule has 0 aliphatic heterocycles. The van der Waals surface area contributed by atoms with Gasteiger partial charge in [-0.15, -0.1) is 0 Å². The summed E-state index contributed by atoms with van der Waals surface area (Å²) >= 11 is 0. The number of rotatable bonds is 6. The molecule has 1 rings (SSSR count). The molecule has 0 heterocycles. The molecule has 6 nitrogen and oxygen atoms in total. The molecule has 1 aromatic rings. The number of benzene rings is 1. The number of carbonyl (C=O) groups excluding carboxylic acids is 1. The van der Waals surface area contributed by atoms with Crippen molar-refractivity contribution in [3.8, 4) is 11.5 Å². The Kier molecular flexibility index (Phi) is 5.40. The van der Waals surface area contributed by atoms with Gasteiger partial charge in [0.15, 0.2) is 0 Å². The van der Waals surface area contributed by atoms with E-state index in [9.17, 15) is 9.59 Å². The highest BCUT2D eigenvalue weighted by Crippen LogP contribution is 2.25. The first-order valence-electron chi connectivity index (χ1n) is 5.46. The number of amides is 1. The molecule has 0 aliphatic rings. The van der Waals surface area contributed by atoms with Crippen molar-refractivity contribution in [3.63, 3.8) is 0 Å². The Morgan fingerprint density at radius 2 is 2.05 bits per heavy atom. The van der Waals surface area contributed by atoms with E-state index in [0.29, 0.717) is 17.1 Å². The maximum Gasteiger partial charge on any atom is 0.322 e. The largest absolute Gasteiger partial charge is 0.497 e. The van der Waals surface area contributed by atoms with Crippen molar-refractivity contribution in [2.45, 2.75) is 0 Å². The summed E-state index contributed by atoms with van der Waals surface area (Å²) in [4.78, 5) is 21.6. The van der Waals surface area contributed by atoms with Crippen molar-refractivity contribution >= 4 is 18.0 Å². The summed E-state index contributed by atoms with van der Waals surface area (Å²) in [6.45, 7) is -0.414. The third-order valence-corrected chi connectivity index (χ3v) is 2.27. The Bertz CT molecular complexity index is 496. The van der Waals surface area contributed by atoms with Crippen molar-refractivity contribution in [2.75, 3.05) is 20.8 Å². The van der Waals surface area contributed by atoms with Gasteiger partial charge in [-0.3, -0.25) is 9.59 Å². The highest BCUT2D eigenvalue weighted by Gasteiger charge is 2.03. The number of carbonyl (C=O) groups is 2. The molecule has 2 N–H and O–H groups in total. The van der Waals surface area contributed by atoms with Crippen molar-refractivity contribution < 1.29 is 24.2 Å². The van der Waals surface area contributed by atoms with Gasteiger partial charge in [0.05, 0.1) is 14.2 Å². The van der Waals surface area contributed by atoms with E-state index in [1.165, 1.54) is 19.3 Å². The molecular weight excluding hydrogens is 250 g/mol. The molecule has 0 unspecified atom stereocenters. The van der Waals surface area contributed by atoms with Gasteiger partial charge in [-0.2, -0.15) is 0 Å². The van der Waals surface area contributed by atoms with Gasteiger partial charge in [0, 0.05) is 17.7 Å². The van der Waals surface area contributed by atoms with Crippen LogP contribution < -0.4 is 14.8 Å². The summed E-state index contributed by atoms with van der Waals surface area (Å²) < 4.78 is 10.2. The lowest BCUT2D eigenvalue weighted by Gasteiger charge is -2.07. The summed E-state index contributed by atoms with van der Waals surface area (Å²) in [5.74, 6) is -0.380. The molecule has 0 saturated carbocycles. The SMILES string of the molecule is COc1ccc(/C=C/C(=O)NCC(=O)O)c(OC)c1. The Morgan fingerprint density at radius 3 is 2.63 bits per heavy atom. The normalized spacial score (nSPS) is 10.2. The van der Waals surface area contributed by atoms with Crippen LogP contribution >= 0.6 is 0 Å². The second-order valence-electron chi connectivity index (χ2n) is 3.55. The molecule has 1 aromatic carbocycles. The van der Waals surface area contributed by atoms with Gasteiger partial charge in [0.1, 0.15) is 18.0 Å². The fourth-order valence-electron chi connectivity index (χ4n) is 1.34. The summed E-state index contributed by atoms with van der Waals surface area (Å²) in [5, 5.41) is 10.6. The highest BCUT2D eigenvalue weighted by molar-refractivity contribution is 5.93. The van der Waals surface area contributed by atoms with Gasteiger partial charge in [0.25, 0.3) is 0 Å². The third-order valence-electron chi connectivity index (χ3n) is 2.27. The monoisotopic (exact) mass is 265 g/mol. The molecule has 6 heteroatoms. The van der Waals surface area contributed by atoms with E-state index in [-0.39, 0.29) is 0 Å². The lowest BCUT2D eigenvalue weighted by Crippen LogP contribution is -2.27. The predicted octanol–water partition coefficient (Wildman–Crippen LogP) is 0.918. The number of hydrogen-bond acceptors (Lipinski definition) is 4. The van der Waals surface area contributed by atoms with Gasteiger partial charge in [-0.05, 0) is 18.2 Å². The zero-order chi connectivity index (χ0) is 14.3. The highest BCUT2D eigenvalue weighted by atomic mass is 16.5. The maximum absolute atomic E-state index is 11.3. The maximum atomic E-state index is 11.3. The van der Waals surface area contributed by atoms with Gasteiger partial charge < -0.3 is 19.9 Å². The molecule has 0 saturated heterocycles. The average molecular weight is 265 g/mol. The summed E-state index contributed by atoms with van der Waals surface area (Å²) in [6.07, 6.45) is 2.78. The van der Waals surface area contributed by atoms with E-state index in [0.717, 1.165) is 0 Å². The molecule has 0 bridgehead atoms. The molecule has 0 spiro atoms. The number of carboxylic acids is 1. The van der Waals surface area contributed by atoms with E-state index < -0.39 is 18.4 Å². The van der Waals surface area contributed by atoms with Crippen LogP contribution in [0.3, 0.4) is 0 Å². The van der Waals surface area contributed by atoms with Gasteiger partial charge in [-0.1, -0.05) is 0 Å². The molecule has 0 aliphatic carbocycles. The van der Waals surface area contributed by atoms with Crippen LogP contribution in [0.1, 0.15) is 5.56 Å². The Hall–Kier alpha value is -2.50. The Balaban J connectivity index is 2.75. The summed E-state index contributed by atoms with van der Waals surface area (Å²) in [5.41, 5.74) is 0.689. The van der Waals surface area contributed by atoms with Gasteiger partial charge in [-0.25, -0.2) is 0 Å². The lowest BCUT2D eigenvalue weighted by molar-refractivity contribution is -0.137. The van der Waals surface area contributed by atoms with E-state index in [4.69, 9.17) is 14.6 Å². The van der Waals surface area contributed by atoms with Gasteiger partial charge >= 0.3 is 5.97 Å². The van der Waals surface area contributed by atoms with Gasteiger partial charge in [0.2, 0.25) is 5.91 Å². The number of nitrogens with one attached hydrogen (secondary N) is 1. The third kappa shape index (κ3) is 4.71. The molecule has 0 atom stereocenters. The van der Waals surface area contributed by atoms with Crippen molar-refractivity contribution in [1.82, 2.24) is 5.32 Å². The number of carboxylic acid groups (broad SMARTS) is 1. The topological polar surface area (TPSA) is 84.9 Å². The molecule has 0 radical (unpaired) electrons. The van der Waals surface area contributed by atoms with E-state index in [1.807, 2.05) is 0 Å². The standard InChI is InChI=1S/C13H15NO5/c1-18-10-5-3-9(11(7-10)19-2)4-6-12(15)14-8-13(16)17/h3-7H,8H2,1-2H3,(H,14,15)(H,16,17)/b6-4+. The minimum Gasteiger partial charge on any atom is -0.497 e. The Morgan fingerprint density at radius 1 is 1.32 bits per heavy atom. The molecule has 1 amide bonds. The molecular formula is C13H15NO5. The fourth-order valence-corrected chi connectivity index (χ4v) is 1.34. The van der Waals surface area contributed by atoms with E-state index in [1.54, 1.807) is 25.3 Å². The minimum atomic E-state index is -1.09. The minimum absolute atomic E-state index is 0.414. The zero-order valence-electron chi connectivity index (χ0n) is 10.7. The first kappa shape index (κ1) is 14.6. The second kappa shape index (κ2) is 7.05. The molecule has 0 aromatic heterocycles. The molecule has 0 fully saturated rings. The average Bonchev–Trinajstić information content (AvgIpc) is 2.42. The first-order valence-corrected chi connectivity index (χ1v) is 5.46. The Labute approximate surface area is 110 Å². The zero-order valence-corrected chi connectivity index (χ0v) is 10.7. The van der Waals surface area contributed by atoms with Crippen molar-refractivity contribution in [3.05, 3.63) is 29.8 Å². The first-order chi connectivity index (χ1) is 9.06. The summed E-state index contributed by atoms with van der Waals surface area (Å²) in [6, 6.07) is 5.16.